The summed E-state index contributed by atoms with van der Waals surface area (Å²) in [7, 11) is 2.97. The first-order chi connectivity index (χ1) is 19.0. The van der Waals surface area contributed by atoms with E-state index in [2.05, 4.69) is 32.6 Å². The van der Waals surface area contributed by atoms with Gasteiger partial charge in [-0.3, -0.25) is 9.69 Å². The van der Waals surface area contributed by atoms with Gasteiger partial charge in [0.2, 0.25) is 0 Å². The Kier molecular flexibility index (Phi) is 7.58. The number of piperazine rings is 1. The molecule has 3 aromatic rings. The Morgan fingerprint density at radius 1 is 0.974 bits per heavy atom. The molecule has 3 amide bonds. The standard InChI is InChI=1S/C29H33N5O5/c1-38-22-12-13-25(26(20-22)39-2)34-28(36)31-24-11-7-6-10-23(24)29(34,37)27(35)30-14-15-32-16-18-33(19-17-32)21-8-4-3-5-9-21/h3-13,20,37H,14-19H2,1-2H3,(H,30,35)(H,31,36)/t29-/m1/s1. The van der Waals surface area contributed by atoms with Crippen LogP contribution in [0, 0.1) is 0 Å². The number of amides is 3. The lowest BCUT2D eigenvalue weighted by Crippen LogP contribution is -2.63. The number of rotatable bonds is 8. The first kappa shape index (κ1) is 26.3. The summed E-state index contributed by atoms with van der Waals surface area (Å²) in [5, 5.41) is 17.7. The zero-order valence-electron chi connectivity index (χ0n) is 22.1. The number of carbonyl (C=O) groups is 2. The van der Waals surface area contributed by atoms with Crippen LogP contribution in [0.4, 0.5) is 21.9 Å². The van der Waals surface area contributed by atoms with Crippen LogP contribution in [0.2, 0.25) is 0 Å². The van der Waals surface area contributed by atoms with Crippen molar-refractivity contribution in [3.8, 4) is 11.5 Å². The molecule has 204 valence electrons. The van der Waals surface area contributed by atoms with E-state index in [1.54, 1.807) is 42.5 Å². The molecule has 5 rings (SSSR count). The molecular formula is C29H33N5O5. The lowest BCUT2D eigenvalue weighted by molar-refractivity contribution is -0.140. The second-order valence-corrected chi connectivity index (χ2v) is 9.44. The van der Waals surface area contributed by atoms with Crippen LogP contribution in [0.1, 0.15) is 5.56 Å². The maximum absolute atomic E-state index is 13.7. The minimum absolute atomic E-state index is 0.222. The number of urea groups is 1. The number of nitrogens with zero attached hydrogens (tertiary/aromatic N) is 3. The Morgan fingerprint density at radius 2 is 1.69 bits per heavy atom. The molecule has 0 unspecified atom stereocenters. The van der Waals surface area contributed by atoms with Crippen LogP contribution >= 0.6 is 0 Å². The third kappa shape index (κ3) is 5.08. The van der Waals surface area contributed by atoms with Crippen LogP contribution < -0.4 is 29.9 Å². The van der Waals surface area contributed by atoms with E-state index in [0.717, 1.165) is 31.1 Å². The van der Waals surface area contributed by atoms with Gasteiger partial charge in [0.15, 0.2) is 0 Å². The predicted octanol–water partition coefficient (Wildman–Crippen LogP) is 2.84. The Bertz CT molecular complexity index is 1330. The molecule has 3 N–H and O–H groups in total. The molecule has 10 heteroatoms. The molecular weight excluding hydrogens is 498 g/mol. The normalized spacial score (nSPS) is 19.2. The molecule has 2 heterocycles. The molecule has 3 aromatic carbocycles. The average molecular weight is 532 g/mol. The van der Waals surface area contributed by atoms with Crippen molar-refractivity contribution in [2.75, 3.05) is 68.6 Å². The molecule has 2 aliphatic rings. The molecule has 0 aliphatic carbocycles. The smallest absolute Gasteiger partial charge is 0.329 e. The number of para-hydroxylation sites is 2. The fourth-order valence-corrected chi connectivity index (χ4v) is 5.13. The van der Waals surface area contributed by atoms with Gasteiger partial charge in [-0.05, 0) is 30.3 Å². The lowest BCUT2D eigenvalue weighted by Gasteiger charge is -2.43. The number of aliphatic hydroxyl groups is 1. The van der Waals surface area contributed by atoms with Crippen molar-refractivity contribution >= 4 is 29.0 Å². The van der Waals surface area contributed by atoms with Crippen molar-refractivity contribution in [2.24, 2.45) is 0 Å². The van der Waals surface area contributed by atoms with Gasteiger partial charge in [-0.25, -0.2) is 9.69 Å². The van der Waals surface area contributed by atoms with Crippen LogP contribution in [0.5, 0.6) is 11.5 Å². The number of nitrogens with one attached hydrogen (secondary N) is 2. The summed E-state index contributed by atoms with van der Waals surface area (Å²) in [5.74, 6) is 0.0748. The van der Waals surface area contributed by atoms with Crippen LogP contribution in [-0.2, 0) is 10.5 Å². The average Bonchev–Trinajstić information content (AvgIpc) is 2.98. The van der Waals surface area contributed by atoms with Crippen molar-refractivity contribution < 1.29 is 24.2 Å². The maximum atomic E-state index is 13.7. The Labute approximate surface area is 227 Å². The number of benzene rings is 3. The fraction of sp³-hybridized carbons (Fsp3) is 0.310. The van der Waals surface area contributed by atoms with Gasteiger partial charge in [0.25, 0.3) is 11.6 Å². The second-order valence-electron chi connectivity index (χ2n) is 9.44. The topological polar surface area (TPSA) is 107 Å². The van der Waals surface area contributed by atoms with E-state index in [1.165, 1.54) is 19.9 Å². The van der Waals surface area contributed by atoms with Gasteiger partial charge in [-0.15, -0.1) is 0 Å². The Balaban J connectivity index is 1.33. The maximum Gasteiger partial charge on any atom is 0.329 e. The molecule has 0 radical (unpaired) electrons. The highest BCUT2D eigenvalue weighted by Crippen LogP contribution is 2.43. The van der Waals surface area contributed by atoms with E-state index in [-0.39, 0.29) is 17.0 Å². The highest BCUT2D eigenvalue weighted by Gasteiger charge is 2.52. The zero-order valence-corrected chi connectivity index (χ0v) is 22.1. The van der Waals surface area contributed by atoms with Gasteiger partial charge in [0.05, 0.1) is 25.6 Å². The van der Waals surface area contributed by atoms with Gasteiger partial charge in [0, 0.05) is 56.6 Å². The van der Waals surface area contributed by atoms with Gasteiger partial charge in [0.1, 0.15) is 11.5 Å². The van der Waals surface area contributed by atoms with E-state index in [9.17, 15) is 14.7 Å². The van der Waals surface area contributed by atoms with Gasteiger partial charge >= 0.3 is 6.03 Å². The largest absolute Gasteiger partial charge is 0.497 e. The molecule has 0 aromatic heterocycles. The summed E-state index contributed by atoms with van der Waals surface area (Å²) in [6, 6.07) is 21.2. The van der Waals surface area contributed by atoms with E-state index < -0.39 is 17.7 Å². The minimum Gasteiger partial charge on any atom is -0.497 e. The second kappa shape index (κ2) is 11.2. The van der Waals surface area contributed by atoms with E-state index in [0.29, 0.717) is 24.5 Å². The number of anilines is 3. The van der Waals surface area contributed by atoms with Crippen molar-refractivity contribution in [3.63, 3.8) is 0 Å². The van der Waals surface area contributed by atoms with Gasteiger partial charge in [-0.1, -0.05) is 36.4 Å². The number of carbonyl (C=O) groups excluding carboxylic acids is 2. The van der Waals surface area contributed by atoms with E-state index >= 15 is 0 Å². The van der Waals surface area contributed by atoms with Crippen LogP contribution in [-0.4, -0.2) is 75.4 Å². The van der Waals surface area contributed by atoms with Crippen LogP contribution in [0.3, 0.4) is 0 Å². The van der Waals surface area contributed by atoms with Crippen molar-refractivity contribution in [3.05, 3.63) is 78.4 Å². The fourth-order valence-electron chi connectivity index (χ4n) is 5.13. The number of ether oxygens (including phenoxy) is 2. The molecule has 1 fully saturated rings. The molecule has 2 aliphatic heterocycles. The third-order valence-corrected chi connectivity index (χ3v) is 7.22. The van der Waals surface area contributed by atoms with Crippen molar-refractivity contribution in [1.29, 1.82) is 0 Å². The summed E-state index contributed by atoms with van der Waals surface area (Å²) in [4.78, 5) is 32.7. The molecule has 39 heavy (non-hydrogen) atoms. The highest BCUT2D eigenvalue weighted by molar-refractivity contribution is 6.12. The monoisotopic (exact) mass is 531 g/mol. The Hall–Kier alpha value is -4.28. The third-order valence-electron chi connectivity index (χ3n) is 7.22. The first-order valence-corrected chi connectivity index (χ1v) is 12.9. The first-order valence-electron chi connectivity index (χ1n) is 12.9. The predicted molar refractivity (Wildman–Crippen MR) is 149 cm³/mol. The summed E-state index contributed by atoms with van der Waals surface area (Å²) in [6.45, 7) is 4.42. The molecule has 0 spiro atoms. The SMILES string of the molecule is COc1ccc(N2C(=O)Nc3ccccc3[C@@]2(O)C(=O)NCCN2CCN(c3ccccc3)CC2)c(OC)c1. The molecule has 1 atom stereocenters. The summed E-state index contributed by atoms with van der Waals surface area (Å²) >= 11 is 0. The summed E-state index contributed by atoms with van der Waals surface area (Å²) in [6.07, 6.45) is 0. The molecule has 10 nitrogen and oxygen atoms in total. The minimum atomic E-state index is -2.31. The van der Waals surface area contributed by atoms with E-state index in [1.807, 2.05) is 18.2 Å². The summed E-state index contributed by atoms with van der Waals surface area (Å²) < 4.78 is 10.8. The van der Waals surface area contributed by atoms with Crippen LogP contribution in [0.15, 0.2) is 72.8 Å². The number of fused-ring (bicyclic) bond motifs is 1. The van der Waals surface area contributed by atoms with Gasteiger partial charge < -0.3 is 30.1 Å². The lowest BCUT2D eigenvalue weighted by atomic mass is 9.94. The summed E-state index contributed by atoms with van der Waals surface area (Å²) in [5.41, 5.74) is -0.263. The van der Waals surface area contributed by atoms with Crippen LogP contribution in [0.25, 0.3) is 0 Å². The van der Waals surface area contributed by atoms with Crippen molar-refractivity contribution in [1.82, 2.24) is 10.2 Å². The molecule has 0 saturated carbocycles. The number of hydrogen-bond donors (Lipinski definition) is 3. The van der Waals surface area contributed by atoms with Crippen molar-refractivity contribution in [2.45, 2.75) is 5.72 Å². The molecule has 1 saturated heterocycles. The number of methoxy groups -OCH3 is 2. The molecule has 0 bridgehead atoms. The Morgan fingerprint density at radius 3 is 2.41 bits per heavy atom. The quantitative estimate of drug-likeness (QED) is 0.410. The van der Waals surface area contributed by atoms with E-state index in [4.69, 9.17) is 9.47 Å². The number of hydrogen-bond acceptors (Lipinski definition) is 7. The zero-order chi connectivity index (χ0) is 27.4. The van der Waals surface area contributed by atoms with Gasteiger partial charge in [-0.2, -0.15) is 0 Å². The highest BCUT2D eigenvalue weighted by atomic mass is 16.5.